The van der Waals surface area contributed by atoms with Crippen molar-refractivity contribution in [2.24, 2.45) is 0 Å². The molecule has 1 heterocycles. The molecule has 0 saturated carbocycles. The maximum absolute atomic E-state index is 12.1. The number of halogens is 3. The molecule has 7 heteroatoms. The summed E-state index contributed by atoms with van der Waals surface area (Å²) in [6.45, 7) is 0.252. The fraction of sp³-hybridized carbons (Fsp3) is 0.133. The molecule has 0 radical (unpaired) electrons. The SMILES string of the molecule is O=C(OCc1cc2c(cc1Br)OCO2)c1cccc(Cl)c1Cl. The molecule has 2 aromatic rings. The third-order valence-electron chi connectivity index (χ3n) is 3.07. The van der Waals surface area contributed by atoms with Crippen LogP contribution in [0.4, 0.5) is 0 Å². The fourth-order valence-electron chi connectivity index (χ4n) is 1.95. The summed E-state index contributed by atoms with van der Waals surface area (Å²) in [5.74, 6) is 0.729. The monoisotopic (exact) mass is 402 g/mol. The first-order valence-electron chi connectivity index (χ1n) is 6.25. The molecule has 0 fully saturated rings. The van der Waals surface area contributed by atoms with Crippen molar-refractivity contribution in [2.75, 3.05) is 6.79 Å². The first-order chi connectivity index (χ1) is 10.6. The van der Waals surface area contributed by atoms with E-state index in [-0.39, 0.29) is 24.0 Å². The summed E-state index contributed by atoms with van der Waals surface area (Å²) in [4.78, 5) is 12.1. The highest BCUT2D eigenvalue weighted by Crippen LogP contribution is 2.37. The van der Waals surface area contributed by atoms with Crippen molar-refractivity contribution in [3.8, 4) is 11.5 Å². The predicted octanol–water partition coefficient (Wildman–Crippen LogP) is 4.84. The van der Waals surface area contributed by atoms with E-state index in [0.29, 0.717) is 16.5 Å². The van der Waals surface area contributed by atoms with Gasteiger partial charge in [0.05, 0.1) is 15.6 Å². The number of hydrogen-bond donors (Lipinski definition) is 0. The van der Waals surface area contributed by atoms with Crippen LogP contribution < -0.4 is 9.47 Å². The Labute approximate surface area is 145 Å². The highest BCUT2D eigenvalue weighted by atomic mass is 79.9. The Balaban J connectivity index is 1.75. The highest BCUT2D eigenvalue weighted by Gasteiger charge is 2.18. The van der Waals surface area contributed by atoms with Gasteiger partial charge in [0, 0.05) is 10.0 Å². The summed E-state index contributed by atoms with van der Waals surface area (Å²) in [6, 6.07) is 8.35. The molecular formula is C15H9BrCl2O4. The van der Waals surface area contributed by atoms with Gasteiger partial charge in [0.2, 0.25) is 6.79 Å². The van der Waals surface area contributed by atoms with Gasteiger partial charge < -0.3 is 14.2 Å². The summed E-state index contributed by atoms with van der Waals surface area (Å²) in [6.07, 6.45) is 0. The normalized spacial score (nSPS) is 12.3. The summed E-state index contributed by atoms with van der Waals surface area (Å²) in [7, 11) is 0. The van der Waals surface area contributed by atoms with Crippen molar-refractivity contribution in [1.82, 2.24) is 0 Å². The molecule has 0 unspecified atom stereocenters. The van der Waals surface area contributed by atoms with Crippen LogP contribution >= 0.6 is 39.1 Å². The first-order valence-corrected chi connectivity index (χ1v) is 7.80. The minimum absolute atomic E-state index is 0.0684. The molecule has 3 rings (SSSR count). The zero-order valence-corrected chi connectivity index (χ0v) is 14.2. The van der Waals surface area contributed by atoms with Crippen LogP contribution in [0.5, 0.6) is 11.5 Å². The van der Waals surface area contributed by atoms with Crippen LogP contribution in [0.3, 0.4) is 0 Å². The summed E-state index contributed by atoms with van der Waals surface area (Å²) in [5, 5.41) is 0.485. The highest BCUT2D eigenvalue weighted by molar-refractivity contribution is 9.10. The lowest BCUT2D eigenvalue weighted by molar-refractivity contribution is 0.0472. The second-order valence-corrected chi connectivity index (χ2v) is 6.11. The van der Waals surface area contributed by atoms with Gasteiger partial charge >= 0.3 is 5.97 Å². The van der Waals surface area contributed by atoms with E-state index >= 15 is 0 Å². The second-order valence-electron chi connectivity index (χ2n) is 4.47. The van der Waals surface area contributed by atoms with Gasteiger partial charge in [0.15, 0.2) is 11.5 Å². The lowest BCUT2D eigenvalue weighted by Gasteiger charge is -2.09. The number of fused-ring (bicyclic) bond motifs is 1. The van der Waals surface area contributed by atoms with Crippen LogP contribution in [-0.4, -0.2) is 12.8 Å². The van der Waals surface area contributed by atoms with Gasteiger partial charge in [-0.15, -0.1) is 0 Å². The van der Waals surface area contributed by atoms with E-state index < -0.39 is 5.97 Å². The topological polar surface area (TPSA) is 44.8 Å². The van der Waals surface area contributed by atoms with Crippen LogP contribution in [0, 0.1) is 0 Å². The Morgan fingerprint density at radius 2 is 1.95 bits per heavy atom. The number of hydrogen-bond acceptors (Lipinski definition) is 4. The van der Waals surface area contributed by atoms with Gasteiger partial charge in [0.1, 0.15) is 6.61 Å². The van der Waals surface area contributed by atoms with E-state index in [4.69, 9.17) is 37.4 Å². The number of rotatable bonds is 3. The average Bonchev–Trinajstić information content (AvgIpc) is 2.94. The molecule has 1 aliphatic rings. The van der Waals surface area contributed by atoms with Crippen LogP contribution in [0.2, 0.25) is 10.0 Å². The van der Waals surface area contributed by atoms with Gasteiger partial charge in [-0.3, -0.25) is 0 Å². The standard InChI is InChI=1S/C15H9BrCl2O4/c16-10-5-13-12(21-7-22-13)4-8(10)6-20-15(19)9-2-1-3-11(17)14(9)18/h1-5H,6-7H2. The largest absolute Gasteiger partial charge is 0.457 e. The molecule has 22 heavy (non-hydrogen) atoms. The van der Waals surface area contributed by atoms with Gasteiger partial charge in [-0.1, -0.05) is 45.2 Å². The third-order valence-corrected chi connectivity index (χ3v) is 4.63. The van der Waals surface area contributed by atoms with E-state index in [1.165, 1.54) is 0 Å². The van der Waals surface area contributed by atoms with Crippen molar-refractivity contribution < 1.29 is 19.0 Å². The molecule has 0 atom stereocenters. The number of carbonyl (C=O) groups is 1. The first kappa shape index (κ1) is 15.5. The molecule has 0 spiro atoms. The maximum atomic E-state index is 12.1. The Hall–Kier alpha value is -1.43. The lowest BCUT2D eigenvalue weighted by Crippen LogP contribution is -2.06. The zero-order chi connectivity index (χ0) is 15.7. The molecule has 0 aromatic heterocycles. The Morgan fingerprint density at radius 3 is 2.73 bits per heavy atom. The Morgan fingerprint density at radius 1 is 1.23 bits per heavy atom. The smallest absolute Gasteiger partial charge is 0.340 e. The minimum Gasteiger partial charge on any atom is -0.457 e. The van der Waals surface area contributed by atoms with Gasteiger partial charge in [-0.05, 0) is 24.3 Å². The molecule has 0 aliphatic carbocycles. The van der Waals surface area contributed by atoms with Crippen LogP contribution in [-0.2, 0) is 11.3 Å². The van der Waals surface area contributed by atoms with Crippen molar-refractivity contribution in [3.05, 3.63) is 56.0 Å². The number of esters is 1. The van der Waals surface area contributed by atoms with Crippen LogP contribution in [0.25, 0.3) is 0 Å². The fourth-order valence-corrected chi connectivity index (χ4v) is 2.77. The number of ether oxygens (including phenoxy) is 3. The molecule has 0 amide bonds. The minimum atomic E-state index is -0.544. The lowest BCUT2D eigenvalue weighted by atomic mass is 10.2. The van der Waals surface area contributed by atoms with E-state index in [9.17, 15) is 4.79 Å². The van der Waals surface area contributed by atoms with Crippen molar-refractivity contribution in [2.45, 2.75) is 6.61 Å². The molecule has 114 valence electrons. The summed E-state index contributed by atoms with van der Waals surface area (Å²) < 4.78 is 16.6. The molecule has 0 bridgehead atoms. The summed E-state index contributed by atoms with van der Waals surface area (Å²) >= 11 is 15.3. The van der Waals surface area contributed by atoms with Crippen LogP contribution in [0.15, 0.2) is 34.8 Å². The Kier molecular flexibility index (Phi) is 4.47. The average molecular weight is 404 g/mol. The third kappa shape index (κ3) is 3.02. The van der Waals surface area contributed by atoms with Crippen LogP contribution in [0.1, 0.15) is 15.9 Å². The summed E-state index contributed by atoms with van der Waals surface area (Å²) in [5.41, 5.74) is 0.988. The molecule has 0 N–H and O–H groups in total. The number of benzene rings is 2. The van der Waals surface area contributed by atoms with Crippen molar-refractivity contribution >= 4 is 45.1 Å². The van der Waals surface area contributed by atoms with E-state index in [0.717, 1.165) is 10.0 Å². The molecular weight excluding hydrogens is 395 g/mol. The van der Waals surface area contributed by atoms with Gasteiger partial charge in [-0.25, -0.2) is 4.79 Å². The predicted molar refractivity (Wildman–Crippen MR) is 85.8 cm³/mol. The van der Waals surface area contributed by atoms with E-state index in [1.54, 1.807) is 30.3 Å². The molecule has 0 saturated heterocycles. The molecule has 1 aliphatic heterocycles. The van der Waals surface area contributed by atoms with E-state index in [1.807, 2.05) is 0 Å². The van der Waals surface area contributed by atoms with Gasteiger partial charge in [0.25, 0.3) is 0 Å². The molecule has 2 aromatic carbocycles. The maximum Gasteiger partial charge on any atom is 0.340 e. The van der Waals surface area contributed by atoms with Crippen molar-refractivity contribution in [3.63, 3.8) is 0 Å². The van der Waals surface area contributed by atoms with Crippen molar-refractivity contribution in [1.29, 1.82) is 0 Å². The second kappa shape index (κ2) is 6.36. The van der Waals surface area contributed by atoms with Gasteiger partial charge in [-0.2, -0.15) is 0 Å². The quantitative estimate of drug-likeness (QED) is 0.687. The number of carbonyl (C=O) groups excluding carboxylic acids is 1. The molecule has 4 nitrogen and oxygen atoms in total. The van der Waals surface area contributed by atoms with E-state index in [2.05, 4.69) is 15.9 Å². The zero-order valence-electron chi connectivity index (χ0n) is 11.1. The Bertz CT molecular complexity index is 749.